The van der Waals surface area contributed by atoms with Crippen molar-refractivity contribution in [2.75, 3.05) is 19.8 Å². The number of hydrogen-bond acceptors (Lipinski definition) is 5. The lowest BCUT2D eigenvalue weighted by Crippen LogP contribution is -2.27. The van der Waals surface area contributed by atoms with Gasteiger partial charge in [0, 0.05) is 19.8 Å². The largest absolute Gasteiger partial charge is 0.484 e. The van der Waals surface area contributed by atoms with Gasteiger partial charge in [-0.3, -0.25) is 0 Å². The van der Waals surface area contributed by atoms with E-state index in [0.717, 1.165) is 0 Å². The smallest absolute Gasteiger partial charge is 0.414 e. The van der Waals surface area contributed by atoms with E-state index in [1.54, 1.807) is 0 Å². The van der Waals surface area contributed by atoms with Crippen LogP contribution in [-0.2, 0) is 22.8 Å². The van der Waals surface area contributed by atoms with Gasteiger partial charge in [0.15, 0.2) is 0 Å². The second kappa shape index (κ2) is 8.60. The summed E-state index contributed by atoms with van der Waals surface area (Å²) in [5.74, 6) is 0.00926. The molecule has 1 aliphatic heterocycles. The first-order valence-electron chi connectivity index (χ1n) is 4.91. The van der Waals surface area contributed by atoms with Gasteiger partial charge in [-0.2, -0.15) is 0 Å². The first-order valence-corrected chi connectivity index (χ1v) is 6.32. The lowest BCUT2D eigenvalue weighted by Gasteiger charge is -2.12. The summed E-state index contributed by atoms with van der Waals surface area (Å²) in [5, 5.41) is 0. The van der Waals surface area contributed by atoms with Gasteiger partial charge in [-0.05, 0) is 27.4 Å². The van der Waals surface area contributed by atoms with Crippen LogP contribution in [0.3, 0.4) is 0 Å². The highest BCUT2D eigenvalue weighted by atomic mass is 28.3. The van der Waals surface area contributed by atoms with Crippen LogP contribution >= 0.6 is 0 Å². The standard InChI is InChI=1S/C6H16O3Si.C3H2O2/c1-4-7-10(8-5-2)9-6-3;1-2-3(4)5-2/h10H,4-6H2,1-3H3;1H2. The van der Waals surface area contributed by atoms with Gasteiger partial charge in [-0.15, -0.1) is 0 Å². The fourth-order valence-electron chi connectivity index (χ4n) is 0.639. The maximum absolute atomic E-state index is 9.56. The number of cyclic esters (lactones) is 1. The fourth-order valence-corrected chi connectivity index (χ4v) is 1.74. The first-order chi connectivity index (χ1) is 7.15. The van der Waals surface area contributed by atoms with E-state index < -0.39 is 9.53 Å². The summed E-state index contributed by atoms with van der Waals surface area (Å²) in [5.41, 5.74) is 0. The van der Waals surface area contributed by atoms with Gasteiger partial charge in [-0.1, -0.05) is 0 Å². The number of carbonyl (C=O) groups excluding carboxylic acids is 1. The van der Waals surface area contributed by atoms with E-state index in [1.165, 1.54) is 0 Å². The molecule has 0 atom stereocenters. The van der Waals surface area contributed by atoms with Crippen molar-refractivity contribution < 1.29 is 22.8 Å². The van der Waals surface area contributed by atoms with Crippen molar-refractivity contribution in [3.8, 4) is 0 Å². The molecule has 0 bridgehead atoms. The molecule has 1 saturated heterocycles. The summed E-state index contributed by atoms with van der Waals surface area (Å²) >= 11 is 0. The predicted molar refractivity (Wildman–Crippen MR) is 57.3 cm³/mol. The Labute approximate surface area is 91.9 Å². The van der Waals surface area contributed by atoms with E-state index in [1.807, 2.05) is 20.8 Å². The molecule has 0 radical (unpaired) electrons. The van der Waals surface area contributed by atoms with Gasteiger partial charge in [0.25, 0.3) is 0 Å². The molecule has 0 saturated carbocycles. The predicted octanol–water partition coefficient (Wildman–Crippen LogP) is 0.870. The summed E-state index contributed by atoms with van der Waals surface area (Å²) in [6.45, 7) is 11.0. The number of carbonyl (C=O) groups is 1. The molecule has 5 nitrogen and oxygen atoms in total. The van der Waals surface area contributed by atoms with Crippen LogP contribution in [0.5, 0.6) is 0 Å². The molecule has 88 valence electrons. The summed E-state index contributed by atoms with van der Waals surface area (Å²) in [7, 11) is -1.73. The van der Waals surface area contributed by atoms with Crippen molar-refractivity contribution in [2.24, 2.45) is 0 Å². The lowest BCUT2D eigenvalue weighted by molar-refractivity contribution is -0.117. The minimum absolute atomic E-state index is 0.273. The molecule has 6 heteroatoms. The molecule has 0 spiro atoms. The number of epoxide rings is 1. The van der Waals surface area contributed by atoms with Crippen molar-refractivity contribution in [3.05, 3.63) is 12.3 Å². The molecule has 0 aromatic carbocycles. The third-order valence-corrected chi connectivity index (χ3v) is 3.13. The summed E-state index contributed by atoms with van der Waals surface area (Å²) in [6, 6.07) is 0. The van der Waals surface area contributed by atoms with Gasteiger partial charge in [-0.25, -0.2) is 4.79 Å². The van der Waals surface area contributed by atoms with Crippen LogP contribution in [0.1, 0.15) is 20.8 Å². The SMILES string of the molecule is C=C1OC1=O.CCO[SiH](OCC)OCC. The molecular weight excluding hydrogens is 216 g/mol. The van der Waals surface area contributed by atoms with E-state index in [2.05, 4.69) is 11.3 Å². The molecule has 0 aromatic heterocycles. The Morgan fingerprint density at radius 3 is 1.53 bits per heavy atom. The number of hydrogen-bond donors (Lipinski definition) is 0. The van der Waals surface area contributed by atoms with E-state index in [0.29, 0.717) is 19.8 Å². The summed E-state index contributed by atoms with van der Waals surface area (Å²) < 4.78 is 19.7. The van der Waals surface area contributed by atoms with Crippen LogP contribution in [0, 0.1) is 0 Å². The quantitative estimate of drug-likeness (QED) is 0.388. The summed E-state index contributed by atoms with van der Waals surface area (Å²) in [4.78, 5) is 9.56. The Kier molecular flexibility index (Phi) is 8.20. The molecule has 0 aliphatic carbocycles. The molecule has 0 unspecified atom stereocenters. The average molecular weight is 234 g/mol. The van der Waals surface area contributed by atoms with Crippen molar-refractivity contribution in [3.63, 3.8) is 0 Å². The molecule has 0 amide bonds. The third kappa shape index (κ3) is 8.31. The van der Waals surface area contributed by atoms with Crippen LogP contribution in [-0.4, -0.2) is 35.3 Å². The Morgan fingerprint density at radius 2 is 1.40 bits per heavy atom. The Bertz CT molecular complexity index is 180. The zero-order valence-corrected chi connectivity index (χ0v) is 10.6. The van der Waals surface area contributed by atoms with E-state index >= 15 is 0 Å². The molecule has 1 rings (SSSR count). The maximum Gasteiger partial charge on any atom is 0.484 e. The van der Waals surface area contributed by atoms with Gasteiger partial charge in [0.05, 0.1) is 0 Å². The number of ether oxygens (including phenoxy) is 1. The Morgan fingerprint density at radius 1 is 1.13 bits per heavy atom. The van der Waals surface area contributed by atoms with Gasteiger partial charge in [0.1, 0.15) is 0 Å². The van der Waals surface area contributed by atoms with Gasteiger partial charge in [0.2, 0.25) is 5.76 Å². The minimum atomic E-state index is -1.73. The van der Waals surface area contributed by atoms with Crippen molar-refractivity contribution in [1.29, 1.82) is 0 Å². The van der Waals surface area contributed by atoms with Gasteiger partial charge < -0.3 is 18.0 Å². The lowest BCUT2D eigenvalue weighted by atomic mass is 10.8. The normalized spacial score (nSPS) is 13.3. The van der Waals surface area contributed by atoms with Crippen LogP contribution in [0.15, 0.2) is 12.3 Å². The molecule has 0 N–H and O–H groups in total. The second-order valence-electron chi connectivity index (χ2n) is 2.47. The third-order valence-electron chi connectivity index (χ3n) is 1.31. The van der Waals surface area contributed by atoms with E-state index in [4.69, 9.17) is 13.3 Å². The van der Waals surface area contributed by atoms with Crippen LogP contribution < -0.4 is 0 Å². The first kappa shape index (κ1) is 14.3. The van der Waals surface area contributed by atoms with Crippen LogP contribution in [0.4, 0.5) is 0 Å². The van der Waals surface area contributed by atoms with Crippen molar-refractivity contribution >= 4 is 15.5 Å². The molecule has 1 aliphatic rings. The molecule has 1 heterocycles. The molecule has 0 aromatic rings. The van der Waals surface area contributed by atoms with Crippen molar-refractivity contribution in [2.45, 2.75) is 20.8 Å². The highest BCUT2D eigenvalue weighted by Crippen LogP contribution is 2.11. The zero-order chi connectivity index (χ0) is 11.7. The van der Waals surface area contributed by atoms with E-state index in [9.17, 15) is 4.79 Å². The molecular formula is C9H18O5Si. The molecule has 15 heavy (non-hydrogen) atoms. The van der Waals surface area contributed by atoms with Crippen LogP contribution in [0.2, 0.25) is 0 Å². The minimum Gasteiger partial charge on any atom is -0.414 e. The highest BCUT2D eigenvalue weighted by Gasteiger charge is 2.26. The zero-order valence-electron chi connectivity index (χ0n) is 9.45. The van der Waals surface area contributed by atoms with Gasteiger partial charge >= 0.3 is 15.5 Å². The Hall–Kier alpha value is -0.693. The Balaban J connectivity index is 0.000000322. The topological polar surface area (TPSA) is 57.3 Å². The maximum atomic E-state index is 9.56. The average Bonchev–Trinajstić information content (AvgIpc) is 2.82. The second-order valence-corrected chi connectivity index (χ2v) is 4.04. The molecule has 1 fully saturated rings. The summed E-state index contributed by atoms with van der Waals surface area (Å²) in [6.07, 6.45) is 0. The number of rotatable bonds is 6. The van der Waals surface area contributed by atoms with Crippen molar-refractivity contribution in [1.82, 2.24) is 0 Å². The monoisotopic (exact) mass is 234 g/mol. The van der Waals surface area contributed by atoms with E-state index in [-0.39, 0.29) is 11.7 Å². The fraction of sp³-hybridized carbons (Fsp3) is 0.667. The highest BCUT2D eigenvalue weighted by molar-refractivity contribution is 6.36. The van der Waals surface area contributed by atoms with Crippen LogP contribution in [0.25, 0.3) is 0 Å².